The molecule has 0 amide bonds. The standard InChI is InChI=1S/C14H16N2O3/c1-9-10(16-17)8-11(12-4-2-6-18-12)15-14(9)13-5-3-7-19-13/h2-7,9,11,14-15,17H,8H2,1H3/b16-10+/t9-,11+,14-/m0/s1. The first-order valence-corrected chi connectivity index (χ1v) is 6.33. The molecule has 2 aromatic rings. The first-order valence-electron chi connectivity index (χ1n) is 6.33. The van der Waals surface area contributed by atoms with Gasteiger partial charge >= 0.3 is 0 Å². The predicted molar refractivity (Wildman–Crippen MR) is 69.0 cm³/mol. The maximum atomic E-state index is 9.19. The van der Waals surface area contributed by atoms with Gasteiger partial charge in [0, 0.05) is 12.3 Å². The number of hydrogen-bond donors (Lipinski definition) is 2. The molecule has 0 radical (unpaired) electrons. The van der Waals surface area contributed by atoms with Crippen LogP contribution in [0.25, 0.3) is 0 Å². The SMILES string of the molecule is C[C@H]1/C(=N/O)C[C@H](c2ccco2)N[C@@H]1c1ccco1. The van der Waals surface area contributed by atoms with Crippen LogP contribution in [0, 0.1) is 5.92 Å². The second kappa shape index (κ2) is 4.93. The zero-order valence-corrected chi connectivity index (χ0v) is 10.6. The molecule has 0 spiro atoms. The van der Waals surface area contributed by atoms with Crippen LogP contribution in [0.5, 0.6) is 0 Å². The van der Waals surface area contributed by atoms with Crippen molar-refractivity contribution in [2.45, 2.75) is 25.4 Å². The van der Waals surface area contributed by atoms with Gasteiger partial charge in [0.2, 0.25) is 0 Å². The third-order valence-corrected chi connectivity index (χ3v) is 3.68. The van der Waals surface area contributed by atoms with Crippen molar-refractivity contribution in [2.24, 2.45) is 11.1 Å². The van der Waals surface area contributed by atoms with Gasteiger partial charge in [-0.1, -0.05) is 12.1 Å². The number of nitrogens with one attached hydrogen (secondary N) is 1. The Bertz CT molecular complexity index is 545. The van der Waals surface area contributed by atoms with Crippen molar-refractivity contribution in [2.75, 3.05) is 0 Å². The van der Waals surface area contributed by atoms with Gasteiger partial charge in [-0.15, -0.1) is 0 Å². The quantitative estimate of drug-likeness (QED) is 0.643. The molecule has 0 bridgehead atoms. The summed E-state index contributed by atoms with van der Waals surface area (Å²) in [4.78, 5) is 0. The molecule has 1 saturated heterocycles. The van der Waals surface area contributed by atoms with E-state index in [1.807, 2.05) is 31.2 Å². The Morgan fingerprint density at radius 3 is 2.47 bits per heavy atom. The Labute approximate surface area is 110 Å². The molecule has 3 heterocycles. The highest BCUT2D eigenvalue weighted by molar-refractivity contribution is 5.88. The molecule has 2 N–H and O–H groups in total. The highest BCUT2D eigenvalue weighted by Gasteiger charge is 2.36. The maximum absolute atomic E-state index is 9.19. The topological polar surface area (TPSA) is 70.9 Å². The molecule has 5 heteroatoms. The first kappa shape index (κ1) is 12.0. The smallest absolute Gasteiger partial charge is 0.121 e. The lowest BCUT2D eigenvalue weighted by atomic mass is 9.85. The summed E-state index contributed by atoms with van der Waals surface area (Å²) in [6, 6.07) is 7.52. The third-order valence-electron chi connectivity index (χ3n) is 3.68. The highest BCUT2D eigenvalue weighted by Crippen LogP contribution is 2.35. The van der Waals surface area contributed by atoms with Gasteiger partial charge in [-0.25, -0.2) is 0 Å². The van der Waals surface area contributed by atoms with Gasteiger partial charge in [-0.05, 0) is 24.3 Å². The van der Waals surface area contributed by atoms with Crippen LogP contribution < -0.4 is 5.32 Å². The van der Waals surface area contributed by atoms with Crippen LogP contribution in [0.4, 0.5) is 0 Å². The fraction of sp³-hybridized carbons (Fsp3) is 0.357. The molecule has 0 aliphatic carbocycles. The molecule has 2 aromatic heterocycles. The van der Waals surface area contributed by atoms with E-state index in [1.165, 1.54) is 0 Å². The molecular weight excluding hydrogens is 244 g/mol. The molecule has 19 heavy (non-hydrogen) atoms. The van der Waals surface area contributed by atoms with E-state index in [2.05, 4.69) is 10.5 Å². The van der Waals surface area contributed by atoms with Crippen molar-refractivity contribution in [3.8, 4) is 0 Å². The summed E-state index contributed by atoms with van der Waals surface area (Å²) >= 11 is 0. The Morgan fingerprint density at radius 2 is 1.89 bits per heavy atom. The summed E-state index contributed by atoms with van der Waals surface area (Å²) in [5.41, 5.74) is 0.751. The lowest BCUT2D eigenvalue weighted by Crippen LogP contribution is -2.41. The van der Waals surface area contributed by atoms with Crippen LogP contribution in [0.1, 0.15) is 36.9 Å². The van der Waals surface area contributed by atoms with Gasteiger partial charge in [0.15, 0.2) is 0 Å². The maximum Gasteiger partial charge on any atom is 0.121 e. The minimum absolute atomic E-state index is 0.00722. The number of furan rings is 2. The van der Waals surface area contributed by atoms with Gasteiger partial charge in [0.1, 0.15) is 11.5 Å². The number of nitrogens with zero attached hydrogens (tertiary/aromatic N) is 1. The average Bonchev–Trinajstić information content (AvgIpc) is 3.12. The van der Waals surface area contributed by atoms with Gasteiger partial charge in [-0.3, -0.25) is 5.32 Å². The van der Waals surface area contributed by atoms with Crippen LogP contribution in [-0.2, 0) is 0 Å². The van der Waals surface area contributed by atoms with Crippen molar-refractivity contribution in [1.82, 2.24) is 5.32 Å². The van der Waals surface area contributed by atoms with Gasteiger partial charge in [-0.2, -0.15) is 0 Å². The Morgan fingerprint density at radius 1 is 1.21 bits per heavy atom. The second-order valence-electron chi connectivity index (χ2n) is 4.81. The van der Waals surface area contributed by atoms with Crippen LogP contribution in [0.2, 0.25) is 0 Å². The second-order valence-corrected chi connectivity index (χ2v) is 4.81. The fourth-order valence-corrected chi connectivity index (χ4v) is 2.61. The molecule has 1 aliphatic heterocycles. The minimum Gasteiger partial charge on any atom is -0.468 e. The normalized spacial score (nSPS) is 29.7. The monoisotopic (exact) mass is 260 g/mol. The predicted octanol–water partition coefficient (Wildman–Crippen LogP) is 3.11. The molecule has 0 saturated carbocycles. The van der Waals surface area contributed by atoms with E-state index in [9.17, 15) is 5.21 Å². The first-order chi connectivity index (χ1) is 9.29. The van der Waals surface area contributed by atoms with Crippen molar-refractivity contribution >= 4 is 5.71 Å². The Balaban J connectivity index is 1.91. The average molecular weight is 260 g/mol. The van der Waals surface area contributed by atoms with E-state index in [1.54, 1.807) is 12.5 Å². The molecule has 5 nitrogen and oxygen atoms in total. The zero-order valence-electron chi connectivity index (χ0n) is 10.6. The van der Waals surface area contributed by atoms with Gasteiger partial charge < -0.3 is 14.0 Å². The summed E-state index contributed by atoms with van der Waals surface area (Å²) in [5.74, 6) is 1.75. The van der Waals surface area contributed by atoms with E-state index < -0.39 is 0 Å². The van der Waals surface area contributed by atoms with E-state index in [4.69, 9.17) is 8.83 Å². The Kier molecular flexibility index (Phi) is 3.13. The minimum atomic E-state index is -0.0234. The summed E-state index contributed by atoms with van der Waals surface area (Å²) in [6.07, 6.45) is 3.92. The molecule has 3 rings (SSSR count). The third kappa shape index (κ3) is 2.17. The van der Waals surface area contributed by atoms with E-state index in [0.717, 1.165) is 17.2 Å². The summed E-state index contributed by atoms with van der Waals surface area (Å²) in [5, 5.41) is 16.1. The molecule has 0 aromatic carbocycles. The van der Waals surface area contributed by atoms with Crippen LogP contribution in [0.15, 0.2) is 50.8 Å². The lowest BCUT2D eigenvalue weighted by Gasteiger charge is -2.34. The van der Waals surface area contributed by atoms with Gasteiger partial charge in [0.05, 0.1) is 30.3 Å². The fourth-order valence-electron chi connectivity index (χ4n) is 2.61. The van der Waals surface area contributed by atoms with Crippen molar-refractivity contribution < 1.29 is 14.0 Å². The molecule has 100 valence electrons. The summed E-state index contributed by atoms with van der Waals surface area (Å²) < 4.78 is 10.9. The van der Waals surface area contributed by atoms with Crippen LogP contribution >= 0.6 is 0 Å². The molecule has 3 atom stereocenters. The Hall–Kier alpha value is -2.01. The largest absolute Gasteiger partial charge is 0.468 e. The van der Waals surface area contributed by atoms with Gasteiger partial charge in [0.25, 0.3) is 0 Å². The molecule has 0 unspecified atom stereocenters. The number of hydrogen-bond acceptors (Lipinski definition) is 5. The highest BCUT2D eigenvalue weighted by atomic mass is 16.4. The van der Waals surface area contributed by atoms with E-state index in [-0.39, 0.29) is 18.0 Å². The van der Waals surface area contributed by atoms with Crippen LogP contribution in [0.3, 0.4) is 0 Å². The van der Waals surface area contributed by atoms with Crippen molar-refractivity contribution in [1.29, 1.82) is 0 Å². The van der Waals surface area contributed by atoms with E-state index in [0.29, 0.717) is 6.42 Å². The zero-order chi connectivity index (χ0) is 13.2. The molecular formula is C14H16N2O3. The summed E-state index contributed by atoms with van der Waals surface area (Å²) in [6.45, 7) is 2.02. The summed E-state index contributed by atoms with van der Waals surface area (Å²) in [7, 11) is 0. The number of rotatable bonds is 2. The molecule has 1 aliphatic rings. The molecule has 1 fully saturated rings. The number of oxime groups is 1. The number of piperidine rings is 1. The van der Waals surface area contributed by atoms with Crippen molar-refractivity contribution in [3.63, 3.8) is 0 Å². The lowest BCUT2D eigenvalue weighted by molar-refractivity contribution is 0.267. The van der Waals surface area contributed by atoms with Crippen LogP contribution in [-0.4, -0.2) is 10.9 Å². The van der Waals surface area contributed by atoms with Crippen molar-refractivity contribution in [3.05, 3.63) is 48.3 Å². The van der Waals surface area contributed by atoms with E-state index >= 15 is 0 Å².